The molecule has 0 saturated carbocycles. The highest BCUT2D eigenvalue weighted by Crippen LogP contribution is 2.04. The van der Waals surface area contributed by atoms with E-state index in [0.29, 0.717) is 11.9 Å². The molecule has 0 radical (unpaired) electrons. The summed E-state index contributed by atoms with van der Waals surface area (Å²) in [5, 5.41) is 0. The van der Waals surface area contributed by atoms with Gasteiger partial charge in [0.15, 0.2) is 5.78 Å². The molecule has 0 unspecified atom stereocenters. The molecule has 0 aliphatic rings. The van der Waals surface area contributed by atoms with Crippen LogP contribution in [0.25, 0.3) is 0 Å². The van der Waals surface area contributed by atoms with Crippen LogP contribution >= 0.6 is 0 Å². The Morgan fingerprint density at radius 1 is 1.38 bits per heavy atom. The monoisotopic (exact) mass is 181 g/mol. The maximum atomic E-state index is 11.0. The van der Waals surface area contributed by atoms with Crippen molar-refractivity contribution in [3.63, 3.8) is 0 Å². The highest BCUT2D eigenvalue weighted by molar-refractivity contribution is 5.99. The standard InChI is InChI=1S/C10H15NO2/c1-4-5-6-11-10(9(3)13)8(2)7-12/h6-7H,4-5H2,1-3H3/b10-8-,11-6?. The highest BCUT2D eigenvalue weighted by Gasteiger charge is 2.04. The maximum Gasteiger partial charge on any atom is 0.178 e. The third-order valence-electron chi connectivity index (χ3n) is 1.52. The zero-order valence-corrected chi connectivity index (χ0v) is 8.33. The molecule has 3 heteroatoms. The predicted octanol–water partition coefficient (Wildman–Crippen LogP) is 1.92. The lowest BCUT2D eigenvalue weighted by molar-refractivity contribution is -0.114. The molecule has 13 heavy (non-hydrogen) atoms. The number of nitrogens with zero attached hydrogens (tertiary/aromatic N) is 1. The Morgan fingerprint density at radius 3 is 2.38 bits per heavy atom. The van der Waals surface area contributed by atoms with Gasteiger partial charge in [-0.15, -0.1) is 0 Å². The van der Waals surface area contributed by atoms with Gasteiger partial charge in [-0.3, -0.25) is 14.6 Å². The van der Waals surface area contributed by atoms with E-state index in [1.165, 1.54) is 6.92 Å². The van der Waals surface area contributed by atoms with Gasteiger partial charge in [0.2, 0.25) is 0 Å². The molecular weight excluding hydrogens is 166 g/mol. The summed E-state index contributed by atoms with van der Waals surface area (Å²) in [7, 11) is 0. The first kappa shape index (κ1) is 11.8. The van der Waals surface area contributed by atoms with E-state index in [2.05, 4.69) is 4.99 Å². The SMILES string of the molecule is CCCC=N/C(C(C)=O)=C(/C)C=O. The van der Waals surface area contributed by atoms with Crippen LogP contribution in [0, 0.1) is 0 Å². The van der Waals surface area contributed by atoms with Crippen LogP contribution < -0.4 is 0 Å². The number of hydrogen-bond donors (Lipinski definition) is 0. The van der Waals surface area contributed by atoms with Crippen molar-refractivity contribution >= 4 is 18.3 Å². The largest absolute Gasteiger partial charge is 0.298 e. The Morgan fingerprint density at radius 2 is 2.00 bits per heavy atom. The lowest BCUT2D eigenvalue weighted by atomic mass is 10.2. The average molecular weight is 181 g/mol. The molecule has 0 N–H and O–H groups in total. The van der Waals surface area contributed by atoms with Crippen molar-refractivity contribution in [1.29, 1.82) is 0 Å². The van der Waals surface area contributed by atoms with Gasteiger partial charge in [0, 0.05) is 18.7 Å². The summed E-state index contributed by atoms with van der Waals surface area (Å²) in [4.78, 5) is 25.4. The van der Waals surface area contributed by atoms with Crippen LogP contribution in [0.5, 0.6) is 0 Å². The number of carbonyl (C=O) groups excluding carboxylic acids is 2. The van der Waals surface area contributed by atoms with Crippen molar-refractivity contribution < 1.29 is 9.59 Å². The lowest BCUT2D eigenvalue weighted by Gasteiger charge is -1.96. The van der Waals surface area contributed by atoms with E-state index in [0.717, 1.165) is 12.8 Å². The van der Waals surface area contributed by atoms with E-state index in [1.54, 1.807) is 13.1 Å². The van der Waals surface area contributed by atoms with Crippen LogP contribution in [0.1, 0.15) is 33.6 Å². The fourth-order valence-corrected chi connectivity index (χ4v) is 0.811. The summed E-state index contributed by atoms with van der Waals surface area (Å²) in [5.41, 5.74) is 0.656. The second-order valence-corrected chi connectivity index (χ2v) is 2.81. The average Bonchev–Trinajstić information content (AvgIpc) is 2.11. The van der Waals surface area contributed by atoms with Gasteiger partial charge in [0.05, 0.1) is 0 Å². The fourth-order valence-electron chi connectivity index (χ4n) is 0.811. The molecule has 0 aliphatic carbocycles. The van der Waals surface area contributed by atoms with Gasteiger partial charge in [-0.25, -0.2) is 0 Å². The molecule has 0 aromatic heterocycles. The lowest BCUT2D eigenvalue weighted by Crippen LogP contribution is -1.98. The zero-order chi connectivity index (χ0) is 10.3. The number of aldehydes is 1. The molecule has 3 nitrogen and oxygen atoms in total. The summed E-state index contributed by atoms with van der Waals surface area (Å²) in [6.07, 6.45) is 4.13. The number of hydrogen-bond acceptors (Lipinski definition) is 3. The third-order valence-corrected chi connectivity index (χ3v) is 1.52. The van der Waals surface area contributed by atoms with Crippen LogP contribution in [-0.4, -0.2) is 18.3 Å². The minimum Gasteiger partial charge on any atom is -0.298 e. The number of ketones is 1. The smallest absolute Gasteiger partial charge is 0.178 e. The van der Waals surface area contributed by atoms with E-state index in [9.17, 15) is 9.59 Å². The summed E-state index contributed by atoms with van der Waals surface area (Å²) in [6, 6.07) is 0. The summed E-state index contributed by atoms with van der Waals surface area (Å²) < 4.78 is 0. The van der Waals surface area contributed by atoms with E-state index in [-0.39, 0.29) is 11.5 Å². The maximum absolute atomic E-state index is 11.0. The molecule has 0 rings (SSSR count). The van der Waals surface area contributed by atoms with Gasteiger partial charge in [-0.05, 0) is 13.3 Å². The first-order valence-corrected chi connectivity index (χ1v) is 4.33. The minimum absolute atomic E-state index is 0.169. The molecule has 0 aromatic rings. The molecule has 0 amide bonds. The number of aliphatic imine (C=N–C) groups is 1. The second kappa shape index (κ2) is 6.29. The Balaban J connectivity index is 4.64. The number of unbranched alkanes of at least 4 members (excludes halogenated alkanes) is 1. The minimum atomic E-state index is -0.169. The Hall–Kier alpha value is -1.25. The Labute approximate surface area is 78.6 Å². The van der Waals surface area contributed by atoms with Crippen LogP contribution in [0.15, 0.2) is 16.3 Å². The first-order valence-electron chi connectivity index (χ1n) is 4.33. The molecule has 0 bridgehead atoms. The third kappa shape index (κ3) is 4.35. The van der Waals surface area contributed by atoms with E-state index in [4.69, 9.17) is 0 Å². The zero-order valence-electron chi connectivity index (χ0n) is 8.33. The van der Waals surface area contributed by atoms with Crippen molar-refractivity contribution in [2.24, 2.45) is 4.99 Å². The van der Waals surface area contributed by atoms with Crippen LogP contribution in [-0.2, 0) is 9.59 Å². The molecular formula is C10H15NO2. The highest BCUT2D eigenvalue weighted by atomic mass is 16.1. The van der Waals surface area contributed by atoms with Crippen molar-refractivity contribution in [1.82, 2.24) is 0 Å². The number of carbonyl (C=O) groups is 2. The van der Waals surface area contributed by atoms with Crippen LogP contribution in [0.4, 0.5) is 0 Å². The second-order valence-electron chi connectivity index (χ2n) is 2.81. The molecule has 72 valence electrons. The normalized spacial score (nSPS) is 12.8. The Bertz CT molecular complexity index is 252. The van der Waals surface area contributed by atoms with Crippen molar-refractivity contribution in [3.05, 3.63) is 11.3 Å². The van der Waals surface area contributed by atoms with Crippen LogP contribution in [0.3, 0.4) is 0 Å². The number of rotatable bonds is 5. The summed E-state index contributed by atoms with van der Waals surface area (Å²) in [5.74, 6) is -0.169. The quantitative estimate of drug-likeness (QED) is 0.369. The molecule has 0 heterocycles. The topological polar surface area (TPSA) is 46.5 Å². The van der Waals surface area contributed by atoms with Gasteiger partial charge in [0.25, 0.3) is 0 Å². The number of Topliss-reactive ketones (excluding diaryl/α,β-unsaturated/α-hetero) is 1. The summed E-state index contributed by atoms with van der Waals surface area (Å²) >= 11 is 0. The molecule has 0 aliphatic heterocycles. The Kier molecular flexibility index (Phi) is 5.68. The van der Waals surface area contributed by atoms with Crippen LogP contribution in [0.2, 0.25) is 0 Å². The van der Waals surface area contributed by atoms with Crippen molar-refractivity contribution in [2.45, 2.75) is 33.6 Å². The van der Waals surface area contributed by atoms with Gasteiger partial charge in [0.1, 0.15) is 12.0 Å². The first-order chi connectivity index (χ1) is 6.13. The summed E-state index contributed by atoms with van der Waals surface area (Å²) in [6.45, 7) is 5.02. The van der Waals surface area contributed by atoms with E-state index < -0.39 is 0 Å². The van der Waals surface area contributed by atoms with Crippen molar-refractivity contribution in [3.8, 4) is 0 Å². The van der Waals surface area contributed by atoms with E-state index >= 15 is 0 Å². The van der Waals surface area contributed by atoms with Crippen molar-refractivity contribution in [2.75, 3.05) is 0 Å². The van der Waals surface area contributed by atoms with Gasteiger partial charge < -0.3 is 0 Å². The van der Waals surface area contributed by atoms with Gasteiger partial charge >= 0.3 is 0 Å². The van der Waals surface area contributed by atoms with Gasteiger partial charge in [-0.2, -0.15) is 0 Å². The molecule has 0 fully saturated rings. The molecule has 0 spiro atoms. The fraction of sp³-hybridized carbons (Fsp3) is 0.500. The molecule has 0 saturated heterocycles. The molecule has 0 aromatic carbocycles. The van der Waals surface area contributed by atoms with Gasteiger partial charge in [-0.1, -0.05) is 13.3 Å². The molecule has 0 atom stereocenters. The van der Waals surface area contributed by atoms with E-state index in [1.807, 2.05) is 6.92 Å². The predicted molar refractivity (Wildman–Crippen MR) is 52.8 cm³/mol. The number of allylic oxidation sites excluding steroid dienone is 2.